The van der Waals surface area contributed by atoms with Gasteiger partial charge < -0.3 is 15.4 Å². The van der Waals surface area contributed by atoms with Crippen LogP contribution in [0.25, 0.3) is 0 Å². The number of ether oxygens (including phenoxy) is 1. The van der Waals surface area contributed by atoms with Crippen LogP contribution in [-0.4, -0.2) is 32.7 Å². The van der Waals surface area contributed by atoms with E-state index in [9.17, 15) is 4.79 Å². The predicted octanol–water partition coefficient (Wildman–Crippen LogP) is 1.88. The van der Waals surface area contributed by atoms with E-state index >= 15 is 0 Å². The summed E-state index contributed by atoms with van der Waals surface area (Å²) in [6.45, 7) is 4.00. The summed E-state index contributed by atoms with van der Waals surface area (Å²) in [6, 6.07) is 7.45. The van der Waals surface area contributed by atoms with Crippen molar-refractivity contribution in [2.45, 2.75) is 13.3 Å². The highest BCUT2D eigenvalue weighted by molar-refractivity contribution is 5.99. The van der Waals surface area contributed by atoms with E-state index in [0.717, 1.165) is 18.7 Å². The molecule has 0 fully saturated rings. The number of hydrogen-bond donors (Lipinski definition) is 2. The molecular weight excluding hydrogens is 216 g/mol. The van der Waals surface area contributed by atoms with Crippen LogP contribution in [-0.2, 0) is 4.74 Å². The first-order valence-electron chi connectivity index (χ1n) is 5.92. The van der Waals surface area contributed by atoms with Crippen LogP contribution < -0.4 is 10.6 Å². The van der Waals surface area contributed by atoms with Crippen LogP contribution in [0, 0.1) is 0 Å². The maximum atomic E-state index is 11.9. The molecule has 0 unspecified atom stereocenters. The minimum atomic E-state index is -0.0496. The second kappa shape index (κ2) is 7.68. The lowest BCUT2D eigenvalue weighted by Crippen LogP contribution is -2.26. The van der Waals surface area contributed by atoms with Crippen molar-refractivity contribution in [3.05, 3.63) is 29.8 Å². The highest BCUT2D eigenvalue weighted by Crippen LogP contribution is 2.13. The molecule has 0 radical (unpaired) electrons. The maximum absolute atomic E-state index is 11.9. The lowest BCUT2D eigenvalue weighted by atomic mass is 10.1. The van der Waals surface area contributed by atoms with Gasteiger partial charge in [0.25, 0.3) is 5.91 Å². The first kappa shape index (κ1) is 13.5. The minimum absolute atomic E-state index is 0.0496. The largest absolute Gasteiger partial charge is 0.387 e. The normalized spacial score (nSPS) is 10.0. The minimum Gasteiger partial charge on any atom is -0.387 e. The van der Waals surface area contributed by atoms with Crippen LogP contribution >= 0.6 is 0 Å². The van der Waals surface area contributed by atoms with E-state index in [1.54, 1.807) is 7.05 Å². The third-order valence-corrected chi connectivity index (χ3v) is 2.40. The zero-order chi connectivity index (χ0) is 12.5. The average molecular weight is 236 g/mol. The van der Waals surface area contributed by atoms with E-state index in [1.807, 2.05) is 31.2 Å². The van der Waals surface area contributed by atoms with Gasteiger partial charge in [0.1, 0.15) is 0 Å². The van der Waals surface area contributed by atoms with Crippen molar-refractivity contribution in [1.82, 2.24) is 5.32 Å². The molecule has 0 aliphatic heterocycles. The van der Waals surface area contributed by atoms with Crippen LogP contribution in [0.4, 0.5) is 5.69 Å². The SMILES string of the molecule is CCOCCCNC(=O)c1ccccc1NC. The molecule has 0 bridgehead atoms. The summed E-state index contributed by atoms with van der Waals surface area (Å²) in [6.07, 6.45) is 0.835. The van der Waals surface area contributed by atoms with E-state index < -0.39 is 0 Å². The lowest BCUT2D eigenvalue weighted by Gasteiger charge is -2.09. The standard InChI is InChI=1S/C13H20N2O2/c1-3-17-10-6-9-15-13(16)11-7-4-5-8-12(11)14-2/h4-5,7-8,14H,3,6,9-10H2,1-2H3,(H,15,16). The van der Waals surface area contributed by atoms with Gasteiger partial charge in [-0.25, -0.2) is 0 Å². The second-order valence-corrected chi connectivity index (χ2v) is 3.60. The van der Waals surface area contributed by atoms with Gasteiger partial charge in [-0.1, -0.05) is 12.1 Å². The fraction of sp³-hybridized carbons (Fsp3) is 0.462. The number of para-hydroxylation sites is 1. The number of amides is 1. The first-order valence-corrected chi connectivity index (χ1v) is 5.92. The fourth-order valence-corrected chi connectivity index (χ4v) is 1.51. The van der Waals surface area contributed by atoms with Gasteiger partial charge in [-0.05, 0) is 25.5 Å². The zero-order valence-corrected chi connectivity index (χ0v) is 10.5. The molecule has 17 heavy (non-hydrogen) atoms. The number of anilines is 1. The number of nitrogens with one attached hydrogen (secondary N) is 2. The summed E-state index contributed by atoms with van der Waals surface area (Å²) in [4.78, 5) is 11.9. The molecule has 0 heterocycles. The first-order chi connectivity index (χ1) is 8.29. The highest BCUT2D eigenvalue weighted by Gasteiger charge is 2.08. The van der Waals surface area contributed by atoms with Gasteiger partial charge >= 0.3 is 0 Å². The summed E-state index contributed by atoms with van der Waals surface area (Å²) in [5.74, 6) is -0.0496. The quantitative estimate of drug-likeness (QED) is 0.711. The highest BCUT2D eigenvalue weighted by atomic mass is 16.5. The molecule has 4 nitrogen and oxygen atoms in total. The Morgan fingerprint density at radius 2 is 2.12 bits per heavy atom. The molecule has 94 valence electrons. The monoisotopic (exact) mass is 236 g/mol. The van der Waals surface area contributed by atoms with Crippen molar-refractivity contribution in [2.75, 3.05) is 32.1 Å². The summed E-state index contributed by atoms with van der Waals surface area (Å²) >= 11 is 0. The molecule has 2 N–H and O–H groups in total. The Labute approximate surface area is 102 Å². The topological polar surface area (TPSA) is 50.4 Å². The van der Waals surface area contributed by atoms with Crippen molar-refractivity contribution >= 4 is 11.6 Å². The molecule has 1 rings (SSSR count). The Bertz CT molecular complexity index is 353. The van der Waals surface area contributed by atoms with Gasteiger partial charge in [-0.2, -0.15) is 0 Å². The Balaban J connectivity index is 2.41. The van der Waals surface area contributed by atoms with Crippen LogP contribution in [0.15, 0.2) is 24.3 Å². The number of rotatable bonds is 7. The Hall–Kier alpha value is -1.55. The van der Waals surface area contributed by atoms with Gasteiger partial charge in [-0.3, -0.25) is 4.79 Å². The van der Waals surface area contributed by atoms with Gasteiger partial charge in [0.05, 0.1) is 5.56 Å². The zero-order valence-electron chi connectivity index (χ0n) is 10.5. The smallest absolute Gasteiger partial charge is 0.253 e. The fourth-order valence-electron chi connectivity index (χ4n) is 1.51. The summed E-state index contributed by atoms with van der Waals surface area (Å²) < 4.78 is 5.20. The van der Waals surface area contributed by atoms with Crippen LogP contribution in [0.2, 0.25) is 0 Å². The number of carbonyl (C=O) groups excluding carboxylic acids is 1. The maximum Gasteiger partial charge on any atom is 0.253 e. The molecule has 4 heteroatoms. The number of benzene rings is 1. The molecule has 0 saturated heterocycles. The average Bonchev–Trinajstić information content (AvgIpc) is 2.38. The van der Waals surface area contributed by atoms with E-state index in [4.69, 9.17) is 4.74 Å². The molecule has 1 amide bonds. The number of hydrogen-bond acceptors (Lipinski definition) is 3. The van der Waals surface area contributed by atoms with Crippen molar-refractivity contribution in [3.8, 4) is 0 Å². The van der Waals surface area contributed by atoms with Crippen molar-refractivity contribution in [2.24, 2.45) is 0 Å². The summed E-state index contributed by atoms with van der Waals surface area (Å²) in [5.41, 5.74) is 1.52. The van der Waals surface area contributed by atoms with Crippen LogP contribution in [0.5, 0.6) is 0 Å². The Kier molecular flexibility index (Phi) is 6.10. The lowest BCUT2D eigenvalue weighted by molar-refractivity contribution is 0.0945. The molecule has 0 aliphatic rings. The van der Waals surface area contributed by atoms with E-state index in [1.165, 1.54) is 0 Å². The summed E-state index contributed by atoms with van der Waals surface area (Å²) in [7, 11) is 1.81. The molecule has 0 aliphatic carbocycles. The third kappa shape index (κ3) is 4.44. The predicted molar refractivity (Wildman–Crippen MR) is 69.4 cm³/mol. The molecule has 1 aromatic carbocycles. The van der Waals surface area contributed by atoms with Gasteiger partial charge in [0.15, 0.2) is 0 Å². The second-order valence-electron chi connectivity index (χ2n) is 3.60. The Morgan fingerprint density at radius 1 is 1.35 bits per heavy atom. The van der Waals surface area contributed by atoms with E-state index in [-0.39, 0.29) is 5.91 Å². The Morgan fingerprint density at radius 3 is 2.82 bits per heavy atom. The molecule has 0 spiro atoms. The molecule has 0 aromatic heterocycles. The van der Waals surface area contributed by atoms with Crippen LogP contribution in [0.1, 0.15) is 23.7 Å². The molecular formula is C13H20N2O2. The van der Waals surface area contributed by atoms with E-state index in [2.05, 4.69) is 10.6 Å². The molecule has 0 saturated carbocycles. The molecule has 1 aromatic rings. The van der Waals surface area contributed by atoms with Gasteiger partial charge in [-0.15, -0.1) is 0 Å². The third-order valence-electron chi connectivity index (χ3n) is 2.40. The van der Waals surface area contributed by atoms with Crippen LogP contribution in [0.3, 0.4) is 0 Å². The van der Waals surface area contributed by atoms with Crippen molar-refractivity contribution in [1.29, 1.82) is 0 Å². The van der Waals surface area contributed by atoms with Gasteiger partial charge in [0, 0.05) is 32.5 Å². The van der Waals surface area contributed by atoms with E-state index in [0.29, 0.717) is 18.7 Å². The van der Waals surface area contributed by atoms with Gasteiger partial charge in [0.2, 0.25) is 0 Å². The number of carbonyl (C=O) groups is 1. The van der Waals surface area contributed by atoms with Crippen molar-refractivity contribution < 1.29 is 9.53 Å². The van der Waals surface area contributed by atoms with Crippen molar-refractivity contribution in [3.63, 3.8) is 0 Å². The summed E-state index contributed by atoms with van der Waals surface area (Å²) in [5, 5.41) is 5.88. The molecule has 0 atom stereocenters.